The van der Waals surface area contributed by atoms with Crippen molar-refractivity contribution in [1.82, 2.24) is 4.98 Å². The zero-order chi connectivity index (χ0) is 13.8. The van der Waals surface area contributed by atoms with Crippen LogP contribution in [0.1, 0.15) is 36.1 Å². The van der Waals surface area contributed by atoms with Crippen LogP contribution in [0, 0.1) is 0 Å². The molecule has 0 aliphatic rings. The lowest BCUT2D eigenvalue weighted by Gasteiger charge is -2.03. The van der Waals surface area contributed by atoms with E-state index in [4.69, 9.17) is 4.74 Å². The van der Waals surface area contributed by atoms with Gasteiger partial charge in [-0.25, -0.2) is 4.98 Å². The van der Waals surface area contributed by atoms with E-state index >= 15 is 0 Å². The van der Waals surface area contributed by atoms with Crippen LogP contribution in [0.25, 0.3) is 10.6 Å². The fraction of sp³-hybridized carbons (Fsp3) is 0.333. The molecule has 0 saturated heterocycles. The van der Waals surface area contributed by atoms with Crippen LogP contribution in [-0.4, -0.2) is 17.4 Å². The number of thiazole rings is 1. The summed E-state index contributed by atoms with van der Waals surface area (Å²) in [6, 6.07) is 7.82. The molecule has 0 bridgehead atoms. The molecule has 0 amide bonds. The molecule has 2 aromatic rings. The molecule has 0 saturated carbocycles. The maximum atomic E-state index is 11.6. The first-order valence-electron chi connectivity index (χ1n) is 6.39. The van der Waals surface area contributed by atoms with Crippen molar-refractivity contribution in [2.24, 2.45) is 0 Å². The second-order valence-corrected chi connectivity index (χ2v) is 5.16. The molecule has 0 aliphatic carbocycles. The Morgan fingerprint density at radius 2 is 2.16 bits per heavy atom. The van der Waals surface area contributed by atoms with Crippen LogP contribution in [0.4, 0.5) is 0 Å². The second kappa shape index (κ2) is 5.97. The van der Waals surface area contributed by atoms with Crippen molar-refractivity contribution in [2.45, 2.75) is 27.2 Å². The molecule has 1 aromatic heterocycles. The van der Waals surface area contributed by atoms with Gasteiger partial charge >= 0.3 is 0 Å². The molecule has 0 N–H and O–H groups in total. The first-order chi connectivity index (χ1) is 9.15. The highest BCUT2D eigenvalue weighted by Crippen LogP contribution is 2.30. The number of hydrogen-bond donors (Lipinski definition) is 0. The van der Waals surface area contributed by atoms with E-state index in [0.29, 0.717) is 6.61 Å². The maximum absolute atomic E-state index is 11.6. The van der Waals surface area contributed by atoms with Crippen LogP contribution in [0.2, 0.25) is 0 Å². The van der Waals surface area contributed by atoms with E-state index in [9.17, 15) is 4.79 Å². The molecular formula is C15H17NO2S. The lowest BCUT2D eigenvalue weighted by molar-refractivity contribution is 0.102. The molecule has 0 radical (unpaired) electrons. The number of ketones is 1. The van der Waals surface area contributed by atoms with Crippen LogP contribution < -0.4 is 4.74 Å². The van der Waals surface area contributed by atoms with Gasteiger partial charge in [-0.2, -0.15) is 0 Å². The monoisotopic (exact) mass is 275 g/mol. The molecule has 0 atom stereocenters. The third-order valence-corrected chi connectivity index (χ3v) is 3.99. The molecule has 0 fully saturated rings. The summed E-state index contributed by atoms with van der Waals surface area (Å²) in [5.74, 6) is 0.916. The van der Waals surface area contributed by atoms with Gasteiger partial charge < -0.3 is 4.74 Å². The summed E-state index contributed by atoms with van der Waals surface area (Å²) < 4.78 is 5.49. The summed E-state index contributed by atoms with van der Waals surface area (Å²) >= 11 is 1.46. The zero-order valence-electron chi connectivity index (χ0n) is 11.4. The topological polar surface area (TPSA) is 39.2 Å². The molecule has 4 heteroatoms. The van der Waals surface area contributed by atoms with Crippen molar-refractivity contribution in [2.75, 3.05) is 6.61 Å². The average molecular weight is 275 g/mol. The van der Waals surface area contributed by atoms with Crippen molar-refractivity contribution in [3.8, 4) is 16.3 Å². The smallest absolute Gasteiger partial charge is 0.171 e. The third-order valence-electron chi connectivity index (χ3n) is 2.74. The van der Waals surface area contributed by atoms with E-state index in [1.165, 1.54) is 11.3 Å². The number of carbonyl (C=O) groups excluding carboxylic acids is 1. The summed E-state index contributed by atoms with van der Waals surface area (Å²) in [5.41, 5.74) is 1.88. The van der Waals surface area contributed by atoms with Crippen LogP contribution in [0.15, 0.2) is 24.3 Å². The lowest BCUT2D eigenvalue weighted by Crippen LogP contribution is -1.93. The molecule has 1 aromatic carbocycles. The number of carbonyl (C=O) groups is 1. The molecule has 3 nitrogen and oxygen atoms in total. The zero-order valence-corrected chi connectivity index (χ0v) is 12.2. The maximum Gasteiger partial charge on any atom is 0.171 e. The molecule has 1 heterocycles. The van der Waals surface area contributed by atoms with E-state index < -0.39 is 0 Å². The summed E-state index contributed by atoms with van der Waals surface area (Å²) in [5, 5.41) is 0.878. The standard InChI is InChI=1S/C15H17NO2S/c1-4-13-14(10(3)17)19-15(16-13)11-7-6-8-12(9-11)18-5-2/h6-9H,4-5H2,1-3H3. The molecule has 0 aliphatic heterocycles. The van der Waals surface area contributed by atoms with Crippen molar-refractivity contribution < 1.29 is 9.53 Å². The number of hydrogen-bond acceptors (Lipinski definition) is 4. The largest absolute Gasteiger partial charge is 0.494 e. The van der Waals surface area contributed by atoms with Gasteiger partial charge in [-0.15, -0.1) is 11.3 Å². The minimum Gasteiger partial charge on any atom is -0.494 e. The fourth-order valence-electron chi connectivity index (χ4n) is 1.88. The van der Waals surface area contributed by atoms with E-state index in [1.54, 1.807) is 6.92 Å². The molecule has 0 unspecified atom stereocenters. The Morgan fingerprint density at radius 3 is 2.74 bits per heavy atom. The number of benzene rings is 1. The molecule has 100 valence electrons. The molecule has 19 heavy (non-hydrogen) atoms. The van der Waals surface area contributed by atoms with Gasteiger partial charge in [0.05, 0.1) is 17.2 Å². The number of aryl methyl sites for hydroxylation is 1. The second-order valence-electron chi connectivity index (χ2n) is 4.17. The van der Waals surface area contributed by atoms with E-state index in [-0.39, 0.29) is 5.78 Å². The van der Waals surface area contributed by atoms with E-state index in [1.807, 2.05) is 38.1 Å². The Hall–Kier alpha value is -1.68. The van der Waals surface area contributed by atoms with Crippen LogP contribution in [-0.2, 0) is 6.42 Å². The summed E-state index contributed by atoms with van der Waals surface area (Å²) in [7, 11) is 0. The Kier molecular flexibility index (Phi) is 4.32. The van der Waals surface area contributed by atoms with Crippen molar-refractivity contribution >= 4 is 17.1 Å². The number of nitrogens with zero attached hydrogens (tertiary/aromatic N) is 1. The Balaban J connectivity index is 2.41. The molecule has 0 spiro atoms. The predicted octanol–water partition coefficient (Wildman–Crippen LogP) is 3.97. The summed E-state index contributed by atoms with van der Waals surface area (Å²) in [4.78, 5) is 16.9. The van der Waals surface area contributed by atoms with Gasteiger partial charge in [-0.05, 0) is 25.5 Å². The van der Waals surface area contributed by atoms with Crippen LogP contribution in [0.3, 0.4) is 0 Å². The highest BCUT2D eigenvalue weighted by Gasteiger charge is 2.14. The van der Waals surface area contributed by atoms with Crippen molar-refractivity contribution in [3.63, 3.8) is 0 Å². The van der Waals surface area contributed by atoms with Gasteiger partial charge in [0.25, 0.3) is 0 Å². The van der Waals surface area contributed by atoms with Gasteiger partial charge in [-0.1, -0.05) is 19.1 Å². The molecular weight excluding hydrogens is 258 g/mol. The van der Waals surface area contributed by atoms with Gasteiger partial charge in [-0.3, -0.25) is 4.79 Å². The van der Waals surface area contributed by atoms with Gasteiger partial charge in [0, 0.05) is 12.5 Å². The third kappa shape index (κ3) is 3.01. The summed E-state index contributed by atoms with van der Waals surface area (Å²) in [6.07, 6.45) is 0.774. The normalized spacial score (nSPS) is 10.5. The quantitative estimate of drug-likeness (QED) is 0.775. The first kappa shape index (κ1) is 13.7. The van der Waals surface area contributed by atoms with Crippen molar-refractivity contribution in [1.29, 1.82) is 0 Å². The highest BCUT2D eigenvalue weighted by atomic mass is 32.1. The Morgan fingerprint density at radius 1 is 1.37 bits per heavy atom. The number of rotatable bonds is 5. The number of aromatic nitrogens is 1. The predicted molar refractivity (Wildman–Crippen MR) is 78.1 cm³/mol. The minimum absolute atomic E-state index is 0.0848. The molecule has 2 rings (SSSR count). The number of ether oxygens (including phenoxy) is 1. The average Bonchev–Trinajstić information content (AvgIpc) is 2.84. The SMILES string of the molecule is CCOc1cccc(-c2nc(CC)c(C(C)=O)s2)c1. The van der Waals surface area contributed by atoms with Crippen LogP contribution in [0.5, 0.6) is 5.75 Å². The van der Waals surface area contributed by atoms with E-state index in [0.717, 1.165) is 33.3 Å². The van der Waals surface area contributed by atoms with Gasteiger partial charge in [0.2, 0.25) is 0 Å². The Bertz CT molecular complexity index is 590. The summed E-state index contributed by atoms with van der Waals surface area (Å²) in [6.45, 7) is 6.20. The van der Waals surface area contributed by atoms with Gasteiger partial charge in [0.15, 0.2) is 5.78 Å². The van der Waals surface area contributed by atoms with Gasteiger partial charge in [0.1, 0.15) is 10.8 Å². The van der Waals surface area contributed by atoms with Crippen molar-refractivity contribution in [3.05, 3.63) is 34.8 Å². The van der Waals surface area contributed by atoms with E-state index in [2.05, 4.69) is 4.98 Å². The highest BCUT2D eigenvalue weighted by molar-refractivity contribution is 7.17. The Labute approximate surface area is 117 Å². The fourth-order valence-corrected chi connectivity index (χ4v) is 2.92. The lowest BCUT2D eigenvalue weighted by atomic mass is 10.2. The minimum atomic E-state index is 0.0848. The first-order valence-corrected chi connectivity index (χ1v) is 7.21. The van der Waals surface area contributed by atoms with Crippen LogP contribution >= 0.6 is 11.3 Å². The number of Topliss-reactive ketones (excluding diaryl/α,β-unsaturated/α-hetero) is 1.